The number of carbonyl (C=O) groups is 1. The summed E-state index contributed by atoms with van der Waals surface area (Å²) in [6.07, 6.45) is 1.53. The van der Waals surface area contributed by atoms with Crippen molar-refractivity contribution in [1.82, 2.24) is 4.90 Å². The molecule has 0 saturated heterocycles. The Bertz CT molecular complexity index is 467. The van der Waals surface area contributed by atoms with Gasteiger partial charge in [-0.3, -0.25) is 4.79 Å². The molecule has 3 heteroatoms. The second-order valence-corrected chi connectivity index (χ2v) is 3.82. The number of benzene rings is 1. The monoisotopic (exact) mass is 214 g/mol. The highest BCUT2D eigenvalue weighted by atomic mass is 16.1. The molecule has 0 fully saturated rings. The molecule has 0 aliphatic rings. The Balaban J connectivity index is 3.07. The molecule has 0 amide bonds. The third kappa shape index (κ3) is 2.96. The van der Waals surface area contributed by atoms with E-state index >= 15 is 0 Å². The second kappa shape index (κ2) is 5.13. The highest BCUT2D eigenvalue weighted by Gasteiger charge is 2.11. The van der Waals surface area contributed by atoms with E-state index < -0.39 is 0 Å². The molecule has 16 heavy (non-hydrogen) atoms. The normalized spacial score (nSPS) is 10.8. The number of carbonyl (C=O) groups excluding carboxylic acids is 1. The van der Waals surface area contributed by atoms with Gasteiger partial charge in [0.05, 0.1) is 0 Å². The lowest BCUT2D eigenvalue weighted by molar-refractivity contribution is 0.103. The van der Waals surface area contributed by atoms with Gasteiger partial charge in [-0.05, 0) is 13.0 Å². The Morgan fingerprint density at radius 3 is 2.62 bits per heavy atom. The minimum absolute atomic E-state index is 0.149. The Morgan fingerprint density at radius 1 is 1.44 bits per heavy atom. The minimum Gasteiger partial charge on any atom is -0.382 e. The molecule has 0 atom stereocenters. The van der Waals surface area contributed by atoms with Crippen molar-refractivity contribution >= 4 is 5.78 Å². The number of Topliss-reactive ketones (excluding diaryl/α,β-unsaturated/α-hetero) is 1. The predicted octanol–water partition coefficient (Wildman–Crippen LogP) is 2.15. The van der Waals surface area contributed by atoms with Gasteiger partial charge in [-0.15, -0.1) is 0 Å². The number of nitriles is 1. The highest BCUT2D eigenvalue weighted by Crippen LogP contribution is 2.10. The summed E-state index contributed by atoms with van der Waals surface area (Å²) in [5.41, 5.74) is 1.71. The van der Waals surface area contributed by atoms with Gasteiger partial charge in [0, 0.05) is 25.9 Å². The fraction of sp³-hybridized carbons (Fsp3) is 0.231. The largest absolute Gasteiger partial charge is 0.382 e. The van der Waals surface area contributed by atoms with Crippen molar-refractivity contribution in [3.8, 4) is 6.07 Å². The molecule has 1 aromatic carbocycles. The fourth-order valence-corrected chi connectivity index (χ4v) is 1.34. The number of aryl methyl sites for hydroxylation is 1. The smallest absolute Gasteiger partial charge is 0.205 e. The molecule has 3 nitrogen and oxygen atoms in total. The van der Waals surface area contributed by atoms with E-state index in [-0.39, 0.29) is 11.4 Å². The lowest BCUT2D eigenvalue weighted by Gasteiger charge is -2.06. The van der Waals surface area contributed by atoms with Crippen LogP contribution in [0.2, 0.25) is 0 Å². The average molecular weight is 214 g/mol. The van der Waals surface area contributed by atoms with E-state index in [9.17, 15) is 4.79 Å². The van der Waals surface area contributed by atoms with Crippen molar-refractivity contribution < 1.29 is 4.79 Å². The van der Waals surface area contributed by atoms with Crippen molar-refractivity contribution in [1.29, 1.82) is 5.26 Å². The molecule has 0 aliphatic carbocycles. The molecule has 0 saturated carbocycles. The number of ketones is 1. The average Bonchev–Trinajstić information content (AvgIpc) is 2.24. The zero-order valence-electron chi connectivity index (χ0n) is 9.69. The van der Waals surface area contributed by atoms with Gasteiger partial charge in [0.2, 0.25) is 5.78 Å². The summed E-state index contributed by atoms with van der Waals surface area (Å²) < 4.78 is 0. The maximum absolute atomic E-state index is 11.9. The Morgan fingerprint density at radius 2 is 2.12 bits per heavy atom. The van der Waals surface area contributed by atoms with Gasteiger partial charge in [0.25, 0.3) is 0 Å². The lowest BCUT2D eigenvalue weighted by atomic mass is 10.0. The molecule has 0 spiro atoms. The van der Waals surface area contributed by atoms with Crippen LogP contribution >= 0.6 is 0 Å². The van der Waals surface area contributed by atoms with Crippen LogP contribution in [0.15, 0.2) is 36.0 Å². The van der Waals surface area contributed by atoms with E-state index in [1.165, 1.54) is 6.20 Å². The summed E-state index contributed by atoms with van der Waals surface area (Å²) in [5.74, 6) is -0.236. The van der Waals surface area contributed by atoms with Crippen LogP contribution in [0.5, 0.6) is 0 Å². The van der Waals surface area contributed by atoms with Gasteiger partial charge >= 0.3 is 0 Å². The first-order valence-electron chi connectivity index (χ1n) is 4.94. The quantitative estimate of drug-likeness (QED) is 0.440. The molecule has 0 aliphatic heterocycles. The third-order valence-electron chi connectivity index (χ3n) is 2.03. The highest BCUT2D eigenvalue weighted by molar-refractivity contribution is 6.11. The lowest BCUT2D eigenvalue weighted by Crippen LogP contribution is -2.08. The summed E-state index contributed by atoms with van der Waals surface area (Å²) in [4.78, 5) is 13.6. The van der Waals surface area contributed by atoms with Crippen LogP contribution in [0, 0.1) is 18.3 Å². The van der Waals surface area contributed by atoms with Crippen molar-refractivity contribution in [3.63, 3.8) is 0 Å². The topological polar surface area (TPSA) is 44.1 Å². The number of rotatable bonds is 3. The van der Waals surface area contributed by atoms with Crippen LogP contribution < -0.4 is 0 Å². The molecule has 82 valence electrons. The first-order valence-corrected chi connectivity index (χ1v) is 4.94. The van der Waals surface area contributed by atoms with E-state index in [2.05, 4.69) is 0 Å². The Hall–Kier alpha value is -2.08. The molecule has 0 aromatic heterocycles. The molecule has 1 aromatic rings. The van der Waals surface area contributed by atoms with Crippen LogP contribution in [0.4, 0.5) is 0 Å². The van der Waals surface area contributed by atoms with Gasteiger partial charge in [0.1, 0.15) is 11.6 Å². The van der Waals surface area contributed by atoms with E-state index in [0.29, 0.717) is 5.56 Å². The number of allylic oxidation sites excluding steroid dienone is 1. The minimum atomic E-state index is -0.236. The molecule has 0 bridgehead atoms. The SMILES string of the molecule is Cc1cccc(C(=O)C(C#N)=CN(C)C)c1. The van der Waals surface area contributed by atoms with Crippen LogP contribution in [0.25, 0.3) is 0 Å². The molecule has 0 radical (unpaired) electrons. The first kappa shape index (κ1) is 12.0. The van der Waals surface area contributed by atoms with Gasteiger partial charge in [0.15, 0.2) is 0 Å². The van der Waals surface area contributed by atoms with Crippen LogP contribution in [-0.2, 0) is 0 Å². The van der Waals surface area contributed by atoms with E-state index in [0.717, 1.165) is 5.56 Å². The predicted molar refractivity (Wildman–Crippen MR) is 62.9 cm³/mol. The third-order valence-corrected chi connectivity index (χ3v) is 2.03. The Labute approximate surface area is 95.6 Å². The zero-order valence-corrected chi connectivity index (χ0v) is 9.69. The van der Waals surface area contributed by atoms with Gasteiger partial charge in [-0.1, -0.05) is 23.8 Å². The van der Waals surface area contributed by atoms with Crippen molar-refractivity contribution in [2.24, 2.45) is 0 Å². The number of hydrogen-bond donors (Lipinski definition) is 0. The van der Waals surface area contributed by atoms with Gasteiger partial charge in [-0.25, -0.2) is 0 Å². The zero-order chi connectivity index (χ0) is 12.1. The summed E-state index contributed by atoms with van der Waals surface area (Å²) in [7, 11) is 3.56. The first-order chi connectivity index (χ1) is 7.54. The van der Waals surface area contributed by atoms with Crippen molar-refractivity contribution in [2.45, 2.75) is 6.92 Å². The van der Waals surface area contributed by atoms with Crippen LogP contribution in [-0.4, -0.2) is 24.8 Å². The van der Waals surface area contributed by atoms with Crippen molar-refractivity contribution in [2.75, 3.05) is 14.1 Å². The second-order valence-electron chi connectivity index (χ2n) is 3.82. The maximum Gasteiger partial charge on any atom is 0.205 e. The van der Waals surface area contributed by atoms with E-state index in [1.807, 2.05) is 25.1 Å². The van der Waals surface area contributed by atoms with E-state index in [4.69, 9.17) is 5.26 Å². The molecule has 1 rings (SSSR count). The Kier molecular flexibility index (Phi) is 3.84. The standard InChI is InChI=1S/C13H14N2O/c1-10-5-4-6-11(7-10)13(16)12(8-14)9-15(2)3/h4-7,9H,1-3H3. The molecule has 0 N–H and O–H groups in total. The van der Waals surface area contributed by atoms with E-state index in [1.54, 1.807) is 31.1 Å². The van der Waals surface area contributed by atoms with Gasteiger partial charge < -0.3 is 4.90 Å². The van der Waals surface area contributed by atoms with Gasteiger partial charge in [-0.2, -0.15) is 5.26 Å². The summed E-state index contributed by atoms with van der Waals surface area (Å²) in [6, 6.07) is 9.15. The molecule has 0 unspecified atom stereocenters. The number of hydrogen-bond acceptors (Lipinski definition) is 3. The number of nitrogens with zero attached hydrogens (tertiary/aromatic N) is 2. The molecule has 0 heterocycles. The summed E-state index contributed by atoms with van der Waals surface area (Å²) in [6.45, 7) is 1.92. The molecular formula is C13H14N2O. The summed E-state index contributed by atoms with van der Waals surface area (Å²) in [5, 5.41) is 8.91. The van der Waals surface area contributed by atoms with Crippen LogP contribution in [0.3, 0.4) is 0 Å². The summed E-state index contributed by atoms with van der Waals surface area (Å²) >= 11 is 0. The maximum atomic E-state index is 11.9. The van der Waals surface area contributed by atoms with Crippen molar-refractivity contribution in [3.05, 3.63) is 47.2 Å². The fourth-order valence-electron chi connectivity index (χ4n) is 1.34. The van der Waals surface area contributed by atoms with Crippen LogP contribution in [0.1, 0.15) is 15.9 Å². The molecular weight excluding hydrogens is 200 g/mol.